The molecule has 0 spiro atoms. The van der Waals surface area contributed by atoms with E-state index in [0.29, 0.717) is 0 Å². The summed E-state index contributed by atoms with van der Waals surface area (Å²) in [4.78, 5) is 4.41. The summed E-state index contributed by atoms with van der Waals surface area (Å²) in [5, 5.41) is 4.06. The maximum atomic E-state index is 6.05. The third kappa shape index (κ3) is 3.86. The summed E-state index contributed by atoms with van der Waals surface area (Å²) in [5.74, 6) is 1.88. The summed E-state index contributed by atoms with van der Waals surface area (Å²) in [6.45, 7) is 2.92. The Kier molecular flexibility index (Phi) is 5.28. The van der Waals surface area contributed by atoms with Gasteiger partial charge in [0.05, 0.1) is 10.7 Å². The number of aromatic nitrogens is 2. The quantitative estimate of drug-likeness (QED) is 0.647. The SMILES string of the molecule is CCc1nsc(SCCNc2ccccc2Cl)n1. The lowest BCUT2D eigenvalue weighted by Crippen LogP contribution is -2.04. The van der Waals surface area contributed by atoms with Gasteiger partial charge in [0.25, 0.3) is 0 Å². The van der Waals surface area contributed by atoms with E-state index in [4.69, 9.17) is 11.6 Å². The van der Waals surface area contributed by atoms with E-state index in [9.17, 15) is 0 Å². The third-order valence-electron chi connectivity index (χ3n) is 2.28. The Morgan fingerprint density at radius 1 is 1.39 bits per heavy atom. The van der Waals surface area contributed by atoms with Crippen LogP contribution in [-0.2, 0) is 6.42 Å². The second-order valence-corrected chi connectivity index (χ2v) is 6.09. The molecule has 2 aromatic rings. The fourth-order valence-electron chi connectivity index (χ4n) is 1.37. The summed E-state index contributed by atoms with van der Waals surface area (Å²) < 4.78 is 5.29. The first-order valence-electron chi connectivity index (χ1n) is 5.73. The highest BCUT2D eigenvalue weighted by Gasteiger charge is 2.03. The van der Waals surface area contributed by atoms with Crippen LogP contribution in [0.4, 0.5) is 5.69 Å². The molecule has 0 saturated heterocycles. The molecule has 0 aliphatic heterocycles. The highest BCUT2D eigenvalue weighted by atomic mass is 35.5. The zero-order valence-electron chi connectivity index (χ0n) is 10.0. The Morgan fingerprint density at radius 2 is 2.22 bits per heavy atom. The van der Waals surface area contributed by atoms with Crippen LogP contribution in [0, 0.1) is 0 Å². The Balaban J connectivity index is 1.74. The van der Waals surface area contributed by atoms with Gasteiger partial charge in [-0.15, -0.1) is 0 Å². The number of aryl methyl sites for hydroxylation is 1. The Bertz CT molecular complexity index is 502. The molecule has 0 fully saturated rings. The summed E-state index contributed by atoms with van der Waals surface area (Å²) in [5.41, 5.74) is 0.978. The van der Waals surface area contributed by atoms with Crippen molar-refractivity contribution in [2.24, 2.45) is 0 Å². The van der Waals surface area contributed by atoms with Crippen molar-refractivity contribution in [3.05, 3.63) is 35.1 Å². The minimum Gasteiger partial charge on any atom is -0.383 e. The lowest BCUT2D eigenvalue weighted by Gasteiger charge is -2.06. The number of anilines is 1. The lowest BCUT2D eigenvalue weighted by atomic mass is 10.3. The van der Waals surface area contributed by atoms with Gasteiger partial charge in [-0.25, -0.2) is 4.98 Å². The van der Waals surface area contributed by atoms with Crippen molar-refractivity contribution in [1.29, 1.82) is 0 Å². The van der Waals surface area contributed by atoms with Crippen LogP contribution < -0.4 is 5.32 Å². The van der Waals surface area contributed by atoms with E-state index >= 15 is 0 Å². The number of hydrogen-bond acceptors (Lipinski definition) is 5. The molecule has 0 radical (unpaired) electrons. The molecule has 0 atom stereocenters. The van der Waals surface area contributed by atoms with Gasteiger partial charge in [-0.1, -0.05) is 42.4 Å². The maximum Gasteiger partial charge on any atom is 0.170 e. The summed E-state index contributed by atoms with van der Waals surface area (Å²) >= 11 is 9.25. The van der Waals surface area contributed by atoms with Crippen molar-refractivity contribution < 1.29 is 0 Å². The zero-order chi connectivity index (χ0) is 12.8. The minimum absolute atomic E-state index is 0.756. The number of para-hydroxylation sites is 1. The smallest absolute Gasteiger partial charge is 0.170 e. The number of rotatable bonds is 6. The number of nitrogens with zero attached hydrogens (tertiary/aromatic N) is 2. The average Bonchev–Trinajstić information content (AvgIpc) is 2.84. The first kappa shape index (κ1) is 13.6. The predicted molar refractivity (Wildman–Crippen MR) is 80.0 cm³/mol. The molecule has 3 nitrogen and oxygen atoms in total. The molecule has 0 amide bonds. The van der Waals surface area contributed by atoms with E-state index in [1.165, 1.54) is 11.5 Å². The largest absolute Gasteiger partial charge is 0.383 e. The van der Waals surface area contributed by atoms with Gasteiger partial charge in [0, 0.05) is 18.7 Å². The molecule has 1 heterocycles. The lowest BCUT2D eigenvalue weighted by molar-refractivity contribution is 0.971. The number of nitrogens with one attached hydrogen (secondary N) is 1. The Morgan fingerprint density at radius 3 is 2.94 bits per heavy atom. The standard InChI is InChI=1S/C12H14ClN3S2/c1-2-11-15-12(18-16-11)17-8-7-14-10-6-4-3-5-9(10)13/h3-6,14H,2,7-8H2,1H3. The first-order chi connectivity index (χ1) is 8.79. The second-order valence-electron chi connectivity index (χ2n) is 3.59. The highest BCUT2D eigenvalue weighted by molar-refractivity contribution is 8.00. The van der Waals surface area contributed by atoms with Gasteiger partial charge < -0.3 is 5.32 Å². The molecule has 0 saturated carbocycles. The van der Waals surface area contributed by atoms with Crippen LogP contribution in [0.3, 0.4) is 0 Å². The van der Waals surface area contributed by atoms with Crippen LogP contribution in [0.5, 0.6) is 0 Å². The summed E-state index contributed by atoms with van der Waals surface area (Å²) in [7, 11) is 0. The molecule has 1 aromatic heterocycles. The summed E-state index contributed by atoms with van der Waals surface area (Å²) in [6, 6.07) is 7.76. The number of halogens is 1. The molecular formula is C12H14ClN3S2. The van der Waals surface area contributed by atoms with E-state index in [1.807, 2.05) is 24.3 Å². The maximum absolute atomic E-state index is 6.05. The van der Waals surface area contributed by atoms with Gasteiger partial charge in [0.2, 0.25) is 0 Å². The van der Waals surface area contributed by atoms with Gasteiger partial charge in [-0.05, 0) is 23.7 Å². The van der Waals surface area contributed by atoms with Crippen molar-refractivity contribution in [2.45, 2.75) is 17.7 Å². The Hall–Kier alpha value is -0.780. The number of thioether (sulfide) groups is 1. The van der Waals surface area contributed by atoms with Crippen LogP contribution in [0.25, 0.3) is 0 Å². The fraction of sp³-hybridized carbons (Fsp3) is 0.333. The first-order valence-corrected chi connectivity index (χ1v) is 7.87. The topological polar surface area (TPSA) is 37.8 Å². The molecule has 0 unspecified atom stereocenters. The summed E-state index contributed by atoms with van der Waals surface area (Å²) in [6.07, 6.45) is 0.898. The Labute approximate surface area is 120 Å². The molecule has 0 bridgehead atoms. The van der Waals surface area contributed by atoms with Crippen molar-refractivity contribution in [1.82, 2.24) is 9.36 Å². The van der Waals surface area contributed by atoms with Crippen LogP contribution in [0.2, 0.25) is 5.02 Å². The number of hydrogen-bond donors (Lipinski definition) is 1. The van der Waals surface area contributed by atoms with Gasteiger partial charge >= 0.3 is 0 Å². The molecule has 96 valence electrons. The van der Waals surface area contributed by atoms with E-state index < -0.39 is 0 Å². The third-order valence-corrected chi connectivity index (χ3v) is 4.49. The van der Waals surface area contributed by atoms with E-state index in [1.54, 1.807) is 11.8 Å². The minimum atomic E-state index is 0.756. The zero-order valence-corrected chi connectivity index (χ0v) is 12.4. The average molecular weight is 300 g/mol. The van der Waals surface area contributed by atoms with E-state index in [2.05, 4.69) is 21.6 Å². The molecule has 1 N–H and O–H groups in total. The van der Waals surface area contributed by atoms with Gasteiger partial charge in [0.15, 0.2) is 4.34 Å². The molecule has 0 aliphatic rings. The molecule has 1 aromatic carbocycles. The van der Waals surface area contributed by atoms with Gasteiger partial charge in [-0.3, -0.25) is 0 Å². The molecule has 18 heavy (non-hydrogen) atoms. The fourth-order valence-corrected chi connectivity index (χ4v) is 3.19. The molecule has 2 rings (SSSR count). The predicted octanol–water partition coefficient (Wildman–Crippen LogP) is 3.96. The number of benzene rings is 1. The highest BCUT2D eigenvalue weighted by Crippen LogP contribution is 2.22. The van der Waals surface area contributed by atoms with E-state index in [-0.39, 0.29) is 0 Å². The second kappa shape index (κ2) is 6.97. The normalized spacial score (nSPS) is 10.6. The van der Waals surface area contributed by atoms with Crippen LogP contribution in [0.1, 0.15) is 12.7 Å². The van der Waals surface area contributed by atoms with Crippen LogP contribution in [-0.4, -0.2) is 21.7 Å². The monoisotopic (exact) mass is 299 g/mol. The molecular weight excluding hydrogens is 286 g/mol. The molecule has 6 heteroatoms. The van der Waals surface area contributed by atoms with Crippen molar-refractivity contribution >= 4 is 40.6 Å². The van der Waals surface area contributed by atoms with Crippen molar-refractivity contribution in [3.8, 4) is 0 Å². The molecule has 0 aliphatic carbocycles. The van der Waals surface area contributed by atoms with Crippen LogP contribution >= 0.6 is 34.9 Å². The van der Waals surface area contributed by atoms with Crippen LogP contribution in [0.15, 0.2) is 28.6 Å². The van der Waals surface area contributed by atoms with E-state index in [0.717, 1.165) is 39.6 Å². The van der Waals surface area contributed by atoms with Crippen molar-refractivity contribution in [3.63, 3.8) is 0 Å². The van der Waals surface area contributed by atoms with Crippen molar-refractivity contribution in [2.75, 3.05) is 17.6 Å². The van der Waals surface area contributed by atoms with Gasteiger partial charge in [-0.2, -0.15) is 4.37 Å². The van der Waals surface area contributed by atoms with Gasteiger partial charge in [0.1, 0.15) is 5.82 Å².